The third kappa shape index (κ3) is 4.56. The summed E-state index contributed by atoms with van der Waals surface area (Å²) in [7, 11) is 0. The van der Waals surface area contributed by atoms with Crippen molar-refractivity contribution in [3.8, 4) is 0 Å². The van der Waals surface area contributed by atoms with Gasteiger partial charge in [0.25, 0.3) is 0 Å². The van der Waals surface area contributed by atoms with Crippen LogP contribution in [0.15, 0.2) is 91.0 Å². The van der Waals surface area contributed by atoms with Gasteiger partial charge in [-0.2, -0.15) is 0 Å². The van der Waals surface area contributed by atoms with Crippen LogP contribution in [0.2, 0.25) is 5.02 Å². The molecule has 0 aromatic heterocycles. The van der Waals surface area contributed by atoms with E-state index in [4.69, 9.17) is 11.6 Å². The molecule has 0 saturated heterocycles. The highest BCUT2D eigenvalue weighted by Gasteiger charge is 2.13. The van der Waals surface area contributed by atoms with E-state index >= 15 is 0 Å². The average Bonchev–Trinajstić information content (AvgIpc) is 2.69. The summed E-state index contributed by atoms with van der Waals surface area (Å²) in [6.45, 7) is 0. The minimum absolute atomic E-state index is 0.0346. The fourth-order valence-electron chi connectivity index (χ4n) is 2.64. The lowest BCUT2D eigenvalue weighted by Crippen LogP contribution is -2.03. The number of rotatable bonds is 6. The molecule has 3 heteroatoms. The first kappa shape index (κ1) is 17.8. The quantitative estimate of drug-likeness (QED) is 0.406. The van der Waals surface area contributed by atoms with Gasteiger partial charge in [-0.1, -0.05) is 84.4 Å². The number of carbonyl (C=O) groups excluding carboxylic acids is 2. The maximum absolute atomic E-state index is 12.6. The molecule has 0 saturated carbocycles. The number of carbonyl (C=O) groups is 2. The molecule has 128 valence electrons. The van der Waals surface area contributed by atoms with Crippen LogP contribution in [0, 0.1) is 0 Å². The van der Waals surface area contributed by atoms with Gasteiger partial charge in [0.05, 0.1) is 0 Å². The molecule has 0 amide bonds. The number of allylic oxidation sites excluding steroid dienone is 2. The summed E-state index contributed by atoms with van der Waals surface area (Å²) in [5.41, 5.74) is 2.69. The van der Waals surface area contributed by atoms with Gasteiger partial charge in [-0.3, -0.25) is 9.59 Å². The van der Waals surface area contributed by atoms with E-state index in [1.807, 2.05) is 48.5 Å². The van der Waals surface area contributed by atoms with E-state index in [1.54, 1.807) is 42.5 Å². The van der Waals surface area contributed by atoms with Crippen LogP contribution in [-0.2, 0) is 0 Å². The van der Waals surface area contributed by atoms with Crippen LogP contribution >= 0.6 is 11.6 Å². The van der Waals surface area contributed by atoms with Crippen LogP contribution in [0.1, 0.15) is 32.7 Å². The molecule has 0 N–H and O–H groups in total. The Morgan fingerprint density at radius 1 is 0.692 bits per heavy atom. The first-order valence-electron chi connectivity index (χ1n) is 8.27. The lowest BCUT2D eigenvalue weighted by Gasteiger charge is -2.08. The van der Waals surface area contributed by atoms with Gasteiger partial charge in [0, 0.05) is 22.6 Å². The highest BCUT2D eigenvalue weighted by molar-refractivity contribution is 6.30. The van der Waals surface area contributed by atoms with Crippen molar-refractivity contribution in [2.75, 3.05) is 0 Å². The summed E-state index contributed by atoms with van der Waals surface area (Å²) in [4.78, 5) is 25.2. The molecule has 0 bridgehead atoms. The third-order valence-electron chi connectivity index (χ3n) is 4.03. The van der Waals surface area contributed by atoms with Crippen molar-refractivity contribution in [2.24, 2.45) is 0 Å². The Labute approximate surface area is 157 Å². The number of Topliss-reactive ketones (excluding diaryl/α,β-unsaturated/α-hetero) is 1. The zero-order valence-corrected chi connectivity index (χ0v) is 14.8. The second-order valence-corrected chi connectivity index (χ2v) is 6.31. The third-order valence-corrected chi connectivity index (χ3v) is 4.28. The molecular weight excluding hydrogens is 344 g/mol. The standard InChI is InChI=1S/C23H17ClO2/c24-21-13-11-17(12-14-21)20(15-22(25)18-7-3-1-4-8-18)16-23(26)19-9-5-2-6-10-19/h1-15H,16H2/b20-15+. The van der Waals surface area contributed by atoms with Gasteiger partial charge < -0.3 is 0 Å². The molecule has 0 aliphatic carbocycles. The van der Waals surface area contributed by atoms with Crippen LogP contribution in [0.4, 0.5) is 0 Å². The van der Waals surface area contributed by atoms with E-state index < -0.39 is 0 Å². The number of ketones is 2. The minimum atomic E-state index is -0.128. The van der Waals surface area contributed by atoms with Crippen molar-refractivity contribution in [1.29, 1.82) is 0 Å². The number of hydrogen-bond donors (Lipinski definition) is 0. The van der Waals surface area contributed by atoms with Crippen molar-refractivity contribution in [3.63, 3.8) is 0 Å². The molecule has 0 spiro atoms. The Bertz CT molecular complexity index is 927. The first-order chi connectivity index (χ1) is 12.6. The van der Waals surface area contributed by atoms with Crippen LogP contribution in [0.25, 0.3) is 5.57 Å². The maximum Gasteiger partial charge on any atom is 0.186 e. The largest absolute Gasteiger partial charge is 0.294 e. The van der Waals surface area contributed by atoms with Crippen LogP contribution < -0.4 is 0 Å². The Kier molecular flexibility index (Phi) is 5.77. The molecule has 0 unspecified atom stereocenters. The smallest absolute Gasteiger partial charge is 0.186 e. The van der Waals surface area contributed by atoms with Crippen LogP contribution in [-0.4, -0.2) is 11.6 Å². The maximum atomic E-state index is 12.6. The summed E-state index contributed by atoms with van der Waals surface area (Å²) in [6, 6.07) is 25.3. The zero-order chi connectivity index (χ0) is 18.4. The predicted octanol–water partition coefficient (Wildman–Crippen LogP) is 5.88. The van der Waals surface area contributed by atoms with E-state index in [1.165, 1.54) is 0 Å². The molecule has 0 aliphatic rings. The van der Waals surface area contributed by atoms with E-state index in [9.17, 15) is 9.59 Å². The normalized spacial score (nSPS) is 11.2. The Hall–Kier alpha value is -2.97. The Morgan fingerprint density at radius 2 is 1.23 bits per heavy atom. The van der Waals surface area contributed by atoms with Gasteiger partial charge in [0.2, 0.25) is 0 Å². The molecule has 0 fully saturated rings. The van der Waals surface area contributed by atoms with Crippen molar-refractivity contribution >= 4 is 28.7 Å². The van der Waals surface area contributed by atoms with Gasteiger partial charge in [-0.15, -0.1) is 0 Å². The summed E-state index contributed by atoms with van der Waals surface area (Å²) in [5.74, 6) is -0.163. The number of halogens is 1. The summed E-state index contributed by atoms with van der Waals surface area (Å²) >= 11 is 5.97. The molecule has 26 heavy (non-hydrogen) atoms. The second-order valence-electron chi connectivity index (χ2n) is 5.87. The molecule has 2 nitrogen and oxygen atoms in total. The topological polar surface area (TPSA) is 34.1 Å². The van der Waals surface area contributed by atoms with Crippen LogP contribution in [0.5, 0.6) is 0 Å². The van der Waals surface area contributed by atoms with Gasteiger partial charge >= 0.3 is 0 Å². The Morgan fingerprint density at radius 3 is 1.81 bits per heavy atom. The van der Waals surface area contributed by atoms with Crippen molar-refractivity contribution in [3.05, 3.63) is 113 Å². The SMILES string of the molecule is O=C(/C=C(\CC(=O)c1ccccc1)c1ccc(Cl)cc1)c1ccccc1. The van der Waals surface area contributed by atoms with Gasteiger partial charge in [-0.05, 0) is 29.3 Å². The van der Waals surface area contributed by atoms with E-state index in [-0.39, 0.29) is 18.0 Å². The van der Waals surface area contributed by atoms with E-state index in [0.717, 1.165) is 5.56 Å². The lowest BCUT2D eigenvalue weighted by atomic mass is 9.95. The first-order valence-corrected chi connectivity index (χ1v) is 8.65. The molecular formula is C23H17ClO2. The van der Waals surface area contributed by atoms with Crippen molar-refractivity contribution in [1.82, 2.24) is 0 Å². The Balaban J connectivity index is 1.94. The van der Waals surface area contributed by atoms with Crippen molar-refractivity contribution < 1.29 is 9.59 Å². The average molecular weight is 361 g/mol. The summed E-state index contributed by atoms with van der Waals surface area (Å²) in [5, 5.41) is 0.608. The monoisotopic (exact) mass is 360 g/mol. The van der Waals surface area contributed by atoms with Gasteiger partial charge in [0.1, 0.15) is 0 Å². The van der Waals surface area contributed by atoms with E-state index in [0.29, 0.717) is 21.7 Å². The predicted molar refractivity (Wildman–Crippen MR) is 106 cm³/mol. The highest BCUT2D eigenvalue weighted by Crippen LogP contribution is 2.23. The van der Waals surface area contributed by atoms with E-state index in [2.05, 4.69) is 0 Å². The molecule has 0 atom stereocenters. The minimum Gasteiger partial charge on any atom is -0.294 e. The van der Waals surface area contributed by atoms with Gasteiger partial charge in [0.15, 0.2) is 11.6 Å². The second kappa shape index (κ2) is 8.41. The fourth-order valence-corrected chi connectivity index (χ4v) is 2.77. The zero-order valence-electron chi connectivity index (χ0n) is 14.1. The fraction of sp³-hybridized carbons (Fsp3) is 0.0435. The molecule has 3 aromatic carbocycles. The summed E-state index contributed by atoms with van der Waals surface area (Å²) < 4.78 is 0. The van der Waals surface area contributed by atoms with Crippen LogP contribution in [0.3, 0.4) is 0 Å². The molecule has 3 rings (SSSR count). The lowest BCUT2D eigenvalue weighted by molar-refractivity contribution is 0.0998. The van der Waals surface area contributed by atoms with Gasteiger partial charge in [-0.25, -0.2) is 0 Å². The molecule has 3 aromatic rings. The number of hydrogen-bond acceptors (Lipinski definition) is 2. The molecule has 0 aliphatic heterocycles. The molecule has 0 radical (unpaired) electrons. The highest BCUT2D eigenvalue weighted by atomic mass is 35.5. The number of benzene rings is 3. The van der Waals surface area contributed by atoms with Crippen molar-refractivity contribution in [2.45, 2.75) is 6.42 Å². The summed E-state index contributed by atoms with van der Waals surface area (Å²) in [6.07, 6.45) is 1.68. The molecule has 0 heterocycles.